The minimum atomic E-state index is -3.46. The van der Waals surface area contributed by atoms with Gasteiger partial charge in [0.25, 0.3) is 5.91 Å². The second-order valence-corrected chi connectivity index (χ2v) is 9.16. The van der Waals surface area contributed by atoms with E-state index in [4.69, 9.17) is 23.2 Å². The smallest absolute Gasteiger partial charge is 0.253 e. The number of halogens is 2. The van der Waals surface area contributed by atoms with Crippen LogP contribution in [0.4, 0.5) is 5.69 Å². The van der Waals surface area contributed by atoms with Crippen LogP contribution in [0.5, 0.6) is 0 Å². The maximum Gasteiger partial charge on any atom is 0.253 e. The molecule has 0 aliphatic rings. The molecule has 140 valence electrons. The molecule has 0 aliphatic heterocycles. The Hall–Kier alpha value is -1.41. The molecule has 0 spiro atoms. The summed E-state index contributed by atoms with van der Waals surface area (Å²) in [5.74, 6) is 1.06. The van der Waals surface area contributed by atoms with E-state index < -0.39 is 10.0 Å². The van der Waals surface area contributed by atoms with Crippen LogP contribution >= 0.6 is 35.0 Å². The van der Waals surface area contributed by atoms with Crippen LogP contribution in [-0.4, -0.2) is 32.9 Å². The first-order valence-electron chi connectivity index (χ1n) is 7.63. The maximum atomic E-state index is 12.3. The number of amides is 1. The number of carbonyl (C=O) groups is 1. The zero-order chi connectivity index (χ0) is 19.2. The van der Waals surface area contributed by atoms with Gasteiger partial charge in [-0.25, -0.2) is 8.42 Å². The van der Waals surface area contributed by atoms with Gasteiger partial charge in [0.05, 0.1) is 17.5 Å². The average molecular weight is 433 g/mol. The van der Waals surface area contributed by atoms with Crippen LogP contribution in [0.2, 0.25) is 10.0 Å². The molecule has 1 amide bonds. The average Bonchev–Trinajstić information content (AvgIpc) is 2.55. The molecule has 0 saturated heterocycles. The monoisotopic (exact) mass is 432 g/mol. The van der Waals surface area contributed by atoms with Crippen molar-refractivity contribution in [2.45, 2.75) is 5.75 Å². The number of nitrogens with one attached hydrogen (secondary N) is 2. The predicted molar refractivity (Wildman–Crippen MR) is 110 cm³/mol. The van der Waals surface area contributed by atoms with Gasteiger partial charge in [-0.15, -0.1) is 0 Å². The lowest BCUT2D eigenvalue weighted by molar-refractivity contribution is 0.0957. The minimum absolute atomic E-state index is 0.257. The predicted octanol–water partition coefficient (Wildman–Crippen LogP) is 4.03. The third-order valence-corrected chi connectivity index (χ3v) is 5.46. The van der Waals surface area contributed by atoms with Gasteiger partial charge in [0.2, 0.25) is 10.0 Å². The number of rotatable bonds is 8. The molecular formula is C17H18Cl2N2O3S2. The fourth-order valence-electron chi connectivity index (χ4n) is 2.12. The van der Waals surface area contributed by atoms with Crippen molar-refractivity contribution in [3.63, 3.8) is 0 Å². The summed E-state index contributed by atoms with van der Waals surface area (Å²) in [4.78, 5) is 12.3. The summed E-state index contributed by atoms with van der Waals surface area (Å²) >= 11 is 13.6. The van der Waals surface area contributed by atoms with Gasteiger partial charge in [-0.1, -0.05) is 41.4 Å². The van der Waals surface area contributed by atoms with Crippen LogP contribution in [-0.2, 0) is 15.8 Å². The third-order valence-electron chi connectivity index (χ3n) is 3.27. The number of hydrogen-bond donors (Lipinski definition) is 2. The molecule has 0 unspecified atom stereocenters. The van der Waals surface area contributed by atoms with Gasteiger partial charge < -0.3 is 5.32 Å². The third kappa shape index (κ3) is 6.72. The van der Waals surface area contributed by atoms with Crippen LogP contribution in [0.15, 0.2) is 42.5 Å². The molecule has 2 rings (SSSR count). The van der Waals surface area contributed by atoms with Crippen LogP contribution in [0.3, 0.4) is 0 Å². The van der Waals surface area contributed by atoms with Crippen molar-refractivity contribution in [2.75, 3.05) is 23.3 Å². The molecule has 5 nitrogen and oxygen atoms in total. The molecule has 2 aromatic rings. The topological polar surface area (TPSA) is 75.3 Å². The number of anilines is 1. The number of sulfonamides is 1. The van der Waals surface area contributed by atoms with E-state index in [2.05, 4.69) is 10.0 Å². The SMILES string of the molecule is CS(=O)(=O)Nc1ccccc1C(=O)NCCSCc1ccc(Cl)cc1Cl. The molecule has 0 saturated carbocycles. The van der Waals surface area contributed by atoms with E-state index in [0.29, 0.717) is 28.1 Å². The van der Waals surface area contributed by atoms with Crippen molar-refractivity contribution in [3.05, 3.63) is 63.6 Å². The molecule has 26 heavy (non-hydrogen) atoms. The lowest BCUT2D eigenvalue weighted by Crippen LogP contribution is -2.27. The lowest BCUT2D eigenvalue weighted by Gasteiger charge is -2.11. The molecule has 0 bridgehead atoms. The summed E-state index contributed by atoms with van der Waals surface area (Å²) < 4.78 is 25.1. The van der Waals surface area contributed by atoms with Crippen LogP contribution in [0.1, 0.15) is 15.9 Å². The lowest BCUT2D eigenvalue weighted by atomic mass is 10.2. The maximum absolute atomic E-state index is 12.3. The quantitative estimate of drug-likeness (QED) is 0.617. The number of para-hydroxylation sites is 1. The van der Waals surface area contributed by atoms with Gasteiger partial charge in [0, 0.05) is 28.1 Å². The Kier molecular flexibility index (Phi) is 7.64. The highest BCUT2D eigenvalue weighted by Gasteiger charge is 2.13. The minimum Gasteiger partial charge on any atom is -0.351 e. The summed E-state index contributed by atoms with van der Waals surface area (Å²) in [6.07, 6.45) is 1.04. The molecule has 0 atom stereocenters. The standard InChI is InChI=1S/C17H18Cl2N2O3S2/c1-26(23,24)21-16-5-3-2-4-14(16)17(22)20-8-9-25-11-12-6-7-13(18)10-15(12)19/h2-7,10,21H,8-9,11H2,1H3,(H,20,22). The van der Waals surface area contributed by atoms with E-state index in [-0.39, 0.29) is 17.2 Å². The molecule has 2 N–H and O–H groups in total. The summed E-state index contributed by atoms with van der Waals surface area (Å²) in [5, 5.41) is 4.00. The molecule has 9 heteroatoms. The van der Waals surface area contributed by atoms with E-state index in [9.17, 15) is 13.2 Å². The number of thioether (sulfide) groups is 1. The van der Waals surface area contributed by atoms with Crippen molar-refractivity contribution >= 4 is 56.6 Å². The second-order valence-electron chi connectivity index (χ2n) is 5.46. The second kappa shape index (κ2) is 9.50. The highest BCUT2D eigenvalue weighted by molar-refractivity contribution is 7.98. The first-order valence-corrected chi connectivity index (χ1v) is 11.4. The van der Waals surface area contributed by atoms with Gasteiger partial charge in [-0.2, -0.15) is 11.8 Å². The van der Waals surface area contributed by atoms with Gasteiger partial charge in [-0.3, -0.25) is 9.52 Å². The number of hydrogen-bond acceptors (Lipinski definition) is 4. The Bertz CT molecular complexity index is 889. The first kappa shape index (κ1) is 20.9. The normalized spacial score (nSPS) is 11.2. The van der Waals surface area contributed by atoms with E-state index >= 15 is 0 Å². The zero-order valence-corrected chi connectivity index (χ0v) is 17.1. The fraction of sp³-hybridized carbons (Fsp3) is 0.235. The molecule has 0 heterocycles. The van der Waals surface area contributed by atoms with Gasteiger partial charge in [-0.05, 0) is 29.8 Å². The fourth-order valence-corrected chi connectivity index (χ4v) is 4.12. The Labute approximate surface area is 167 Å². The molecule has 0 aliphatic carbocycles. The van der Waals surface area contributed by atoms with Crippen molar-refractivity contribution in [2.24, 2.45) is 0 Å². The Morgan fingerprint density at radius 3 is 2.58 bits per heavy atom. The highest BCUT2D eigenvalue weighted by atomic mass is 35.5. The van der Waals surface area contributed by atoms with Crippen LogP contribution < -0.4 is 10.0 Å². The number of benzene rings is 2. The van der Waals surface area contributed by atoms with Gasteiger partial charge >= 0.3 is 0 Å². The molecule has 0 aromatic heterocycles. The molecule has 2 aromatic carbocycles. The van der Waals surface area contributed by atoms with E-state index in [0.717, 1.165) is 11.8 Å². The molecular weight excluding hydrogens is 415 g/mol. The summed E-state index contributed by atoms with van der Waals surface area (Å²) in [5.41, 5.74) is 1.52. The first-order chi connectivity index (χ1) is 12.3. The van der Waals surface area contributed by atoms with Crippen molar-refractivity contribution in [1.82, 2.24) is 5.32 Å². The Morgan fingerprint density at radius 1 is 1.15 bits per heavy atom. The van der Waals surface area contributed by atoms with E-state index in [1.807, 2.05) is 6.07 Å². The Morgan fingerprint density at radius 2 is 1.88 bits per heavy atom. The van der Waals surface area contributed by atoms with Gasteiger partial charge in [0.15, 0.2) is 0 Å². The number of carbonyl (C=O) groups excluding carboxylic acids is 1. The van der Waals surface area contributed by atoms with Gasteiger partial charge in [0.1, 0.15) is 0 Å². The summed E-state index contributed by atoms with van der Waals surface area (Å²) in [6.45, 7) is 0.446. The highest BCUT2D eigenvalue weighted by Crippen LogP contribution is 2.24. The molecule has 0 radical (unpaired) electrons. The Balaban J connectivity index is 1.84. The summed E-state index contributed by atoms with van der Waals surface area (Å²) in [7, 11) is -3.46. The van der Waals surface area contributed by atoms with Crippen molar-refractivity contribution in [1.29, 1.82) is 0 Å². The molecule has 0 fully saturated rings. The van der Waals surface area contributed by atoms with Crippen LogP contribution in [0, 0.1) is 0 Å². The van der Waals surface area contributed by atoms with Crippen LogP contribution in [0.25, 0.3) is 0 Å². The van der Waals surface area contributed by atoms with E-state index in [1.54, 1.807) is 48.2 Å². The summed E-state index contributed by atoms with van der Waals surface area (Å²) in [6, 6.07) is 11.8. The largest absolute Gasteiger partial charge is 0.351 e. The van der Waals surface area contributed by atoms with Crippen molar-refractivity contribution in [3.8, 4) is 0 Å². The van der Waals surface area contributed by atoms with Crippen molar-refractivity contribution < 1.29 is 13.2 Å². The van der Waals surface area contributed by atoms with E-state index in [1.165, 1.54) is 0 Å². The zero-order valence-electron chi connectivity index (χ0n) is 14.0.